The number of para-hydroxylation sites is 3. The van der Waals surface area contributed by atoms with Crippen molar-refractivity contribution in [3.8, 4) is 0 Å². The van der Waals surface area contributed by atoms with E-state index in [-0.39, 0.29) is 5.91 Å². The van der Waals surface area contributed by atoms with Crippen LogP contribution in [0.15, 0.2) is 61.1 Å². The molecule has 0 saturated heterocycles. The van der Waals surface area contributed by atoms with E-state index < -0.39 is 0 Å². The minimum Gasteiger partial charge on any atom is -0.361 e. The molecule has 0 bridgehead atoms. The van der Waals surface area contributed by atoms with E-state index in [0.717, 1.165) is 29.4 Å². The fourth-order valence-electron chi connectivity index (χ4n) is 3.02. The number of rotatable bonds is 5. The highest BCUT2D eigenvalue weighted by Crippen LogP contribution is 2.19. The Morgan fingerprint density at radius 3 is 2.92 bits per heavy atom. The molecule has 2 heterocycles. The number of carbonyl (C=O) groups excluding carboxylic acids is 1. The number of nitrogens with zero attached hydrogens (tertiary/aromatic N) is 2. The van der Waals surface area contributed by atoms with Crippen LogP contribution in [0.5, 0.6) is 0 Å². The summed E-state index contributed by atoms with van der Waals surface area (Å²) in [5, 5.41) is 1.23. The van der Waals surface area contributed by atoms with E-state index in [2.05, 4.69) is 27.5 Å². The number of carbonyl (C=O) groups is 1. The van der Waals surface area contributed by atoms with Crippen molar-refractivity contribution in [3.63, 3.8) is 0 Å². The Labute approximate surface area is 139 Å². The standard InChI is InChI=1S/C19H18N4O/c24-19(22-23-13-21-17-9-3-4-10-18(17)23)11-5-6-14-12-20-16-8-2-1-7-15(14)16/h1-4,7-10,12-13,20H,5-6,11H2,(H,22,24). The molecule has 0 aliphatic rings. The van der Waals surface area contributed by atoms with Crippen LogP contribution in [0.25, 0.3) is 21.9 Å². The predicted molar refractivity (Wildman–Crippen MR) is 95.3 cm³/mol. The molecule has 0 aliphatic heterocycles. The van der Waals surface area contributed by atoms with Crippen LogP contribution < -0.4 is 5.43 Å². The Morgan fingerprint density at radius 2 is 1.96 bits per heavy atom. The summed E-state index contributed by atoms with van der Waals surface area (Å²) >= 11 is 0. The molecule has 4 rings (SSSR count). The average molecular weight is 318 g/mol. The van der Waals surface area contributed by atoms with Gasteiger partial charge >= 0.3 is 0 Å². The lowest BCUT2D eigenvalue weighted by atomic mass is 10.1. The molecule has 2 N–H and O–H groups in total. The zero-order valence-electron chi connectivity index (χ0n) is 13.2. The number of hydrogen-bond acceptors (Lipinski definition) is 2. The molecule has 1 amide bonds. The molecule has 4 aromatic rings. The van der Waals surface area contributed by atoms with Crippen LogP contribution in [0.3, 0.4) is 0 Å². The van der Waals surface area contributed by atoms with Crippen molar-refractivity contribution < 1.29 is 4.79 Å². The van der Waals surface area contributed by atoms with Crippen LogP contribution in [-0.4, -0.2) is 20.6 Å². The monoisotopic (exact) mass is 318 g/mol. The lowest BCUT2D eigenvalue weighted by molar-refractivity contribution is -0.117. The molecular formula is C19H18N4O. The Balaban J connectivity index is 1.37. The van der Waals surface area contributed by atoms with E-state index in [1.165, 1.54) is 10.9 Å². The number of nitrogens with one attached hydrogen (secondary N) is 2. The Morgan fingerprint density at radius 1 is 1.12 bits per heavy atom. The third kappa shape index (κ3) is 2.76. The average Bonchev–Trinajstić information content (AvgIpc) is 3.20. The van der Waals surface area contributed by atoms with Gasteiger partial charge in [0.1, 0.15) is 6.33 Å². The quantitative estimate of drug-likeness (QED) is 0.590. The summed E-state index contributed by atoms with van der Waals surface area (Å²) in [4.78, 5) is 19.7. The highest BCUT2D eigenvalue weighted by molar-refractivity contribution is 5.86. The van der Waals surface area contributed by atoms with E-state index >= 15 is 0 Å². The first-order valence-corrected chi connectivity index (χ1v) is 8.08. The molecule has 0 aliphatic carbocycles. The van der Waals surface area contributed by atoms with Gasteiger partial charge in [-0.3, -0.25) is 10.2 Å². The summed E-state index contributed by atoms with van der Waals surface area (Å²) < 4.78 is 1.68. The molecule has 0 unspecified atom stereocenters. The van der Waals surface area contributed by atoms with E-state index in [0.29, 0.717) is 6.42 Å². The van der Waals surface area contributed by atoms with E-state index in [9.17, 15) is 4.79 Å². The summed E-state index contributed by atoms with van der Waals surface area (Å²) in [5.74, 6) is -0.00186. The van der Waals surface area contributed by atoms with Gasteiger partial charge in [0.15, 0.2) is 0 Å². The number of hydrogen-bond donors (Lipinski definition) is 2. The molecule has 0 fully saturated rings. The number of imidazole rings is 1. The van der Waals surface area contributed by atoms with E-state index in [1.54, 1.807) is 11.0 Å². The van der Waals surface area contributed by atoms with Gasteiger partial charge in [0.2, 0.25) is 5.91 Å². The fraction of sp³-hybridized carbons (Fsp3) is 0.158. The highest BCUT2D eigenvalue weighted by atomic mass is 16.2. The van der Waals surface area contributed by atoms with Crippen LogP contribution in [0.2, 0.25) is 0 Å². The van der Waals surface area contributed by atoms with E-state index in [1.807, 2.05) is 42.6 Å². The third-order valence-electron chi connectivity index (χ3n) is 4.22. The number of aryl methyl sites for hydroxylation is 1. The van der Waals surface area contributed by atoms with Gasteiger partial charge in [-0.15, -0.1) is 0 Å². The molecule has 0 radical (unpaired) electrons. The Bertz CT molecular complexity index is 999. The summed E-state index contributed by atoms with van der Waals surface area (Å²) in [7, 11) is 0. The van der Waals surface area contributed by atoms with Gasteiger partial charge in [-0.1, -0.05) is 30.3 Å². The van der Waals surface area contributed by atoms with Crippen LogP contribution in [-0.2, 0) is 11.2 Å². The summed E-state index contributed by atoms with van der Waals surface area (Å²) in [6.07, 6.45) is 5.84. The fourth-order valence-corrected chi connectivity index (χ4v) is 3.02. The second-order valence-electron chi connectivity index (χ2n) is 5.85. The van der Waals surface area contributed by atoms with Crippen LogP contribution in [0.1, 0.15) is 18.4 Å². The van der Waals surface area contributed by atoms with E-state index in [4.69, 9.17) is 0 Å². The van der Waals surface area contributed by atoms with Crippen molar-refractivity contribution >= 4 is 27.8 Å². The molecule has 2 aromatic carbocycles. The zero-order valence-corrected chi connectivity index (χ0v) is 13.2. The van der Waals surface area contributed by atoms with Gasteiger partial charge in [0.25, 0.3) is 0 Å². The maximum absolute atomic E-state index is 12.2. The van der Waals surface area contributed by atoms with Crippen molar-refractivity contribution in [2.75, 3.05) is 5.43 Å². The topological polar surface area (TPSA) is 62.7 Å². The lowest BCUT2D eigenvalue weighted by Gasteiger charge is -2.06. The molecule has 5 nitrogen and oxygen atoms in total. The zero-order chi connectivity index (χ0) is 16.4. The lowest BCUT2D eigenvalue weighted by Crippen LogP contribution is -2.21. The largest absolute Gasteiger partial charge is 0.361 e. The van der Waals surface area contributed by atoms with Gasteiger partial charge < -0.3 is 4.98 Å². The first-order valence-electron chi connectivity index (χ1n) is 8.08. The second kappa shape index (κ2) is 6.20. The van der Waals surface area contributed by atoms with Crippen molar-refractivity contribution in [3.05, 3.63) is 66.6 Å². The maximum Gasteiger partial charge on any atom is 0.238 e. The number of fused-ring (bicyclic) bond motifs is 2. The Kier molecular flexibility index (Phi) is 3.75. The predicted octanol–water partition coefficient (Wildman–Crippen LogP) is 3.61. The normalized spacial score (nSPS) is 11.2. The molecule has 5 heteroatoms. The number of aromatic nitrogens is 3. The van der Waals surface area contributed by atoms with Crippen LogP contribution >= 0.6 is 0 Å². The second-order valence-corrected chi connectivity index (χ2v) is 5.85. The van der Waals surface area contributed by atoms with Crippen LogP contribution in [0.4, 0.5) is 0 Å². The molecule has 0 saturated carbocycles. The molecule has 120 valence electrons. The van der Waals surface area contributed by atoms with Gasteiger partial charge in [-0.05, 0) is 36.6 Å². The van der Waals surface area contributed by atoms with Gasteiger partial charge in [-0.25, -0.2) is 9.66 Å². The summed E-state index contributed by atoms with van der Waals surface area (Å²) in [6.45, 7) is 0. The first kappa shape index (κ1) is 14.5. The van der Waals surface area contributed by atoms with Crippen LogP contribution in [0, 0.1) is 0 Å². The van der Waals surface area contributed by atoms with Crippen molar-refractivity contribution in [1.29, 1.82) is 0 Å². The minimum atomic E-state index is -0.00186. The smallest absolute Gasteiger partial charge is 0.238 e. The van der Waals surface area contributed by atoms with Crippen molar-refractivity contribution in [2.24, 2.45) is 0 Å². The molecular weight excluding hydrogens is 300 g/mol. The highest BCUT2D eigenvalue weighted by Gasteiger charge is 2.07. The van der Waals surface area contributed by atoms with Crippen molar-refractivity contribution in [1.82, 2.24) is 14.6 Å². The number of aromatic amines is 1. The number of H-pyrrole nitrogens is 1. The van der Waals surface area contributed by atoms with Crippen molar-refractivity contribution in [2.45, 2.75) is 19.3 Å². The minimum absolute atomic E-state index is 0.00186. The number of amides is 1. The Hall–Kier alpha value is -3.08. The summed E-state index contributed by atoms with van der Waals surface area (Å²) in [6, 6.07) is 16.0. The van der Waals surface area contributed by atoms with Gasteiger partial charge in [-0.2, -0.15) is 0 Å². The van der Waals surface area contributed by atoms with Gasteiger partial charge in [0.05, 0.1) is 11.0 Å². The molecule has 24 heavy (non-hydrogen) atoms. The molecule has 2 aromatic heterocycles. The number of benzene rings is 2. The molecule has 0 spiro atoms. The van der Waals surface area contributed by atoms with Gasteiger partial charge in [0, 0.05) is 23.5 Å². The molecule has 0 atom stereocenters. The SMILES string of the molecule is O=C(CCCc1c[nH]c2ccccc12)Nn1cnc2ccccc21. The summed E-state index contributed by atoms with van der Waals surface area (Å²) in [5.41, 5.74) is 7.06. The maximum atomic E-state index is 12.2. The third-order valence-corrected chi connectivity index (χ3v) is 4.22. The first-order chi connectivity index (χ1) is 11.8.